The van der Waals surface area contributed by atoms with Crippen molar-refractivity contribution in [1.82, 2.24) is 9.80 Å². The van der Waals surface area contributed by atoms with E-state index in [-0.39, 0.29) is 0 Å². The monoisotopic (exact) mass is 144 g/mol. The molecule has 0 aliphatic carbocycles. The molecule has 10 heavy (non-hydrogen) atoms. The zero-order valence-corrected chi connectivity index (χ0v) is 6.84. The minimum atomic E-state index is 0.855. The van der Waals surface area contributed by atoms with Gasteiger partial charge in [0.2, 0.25) is 0 Å². The summed E-state index contributed by atoms with van der Waals surface area (Å²) < 4.78 is 4.98. The van der Waals surface area contributed by atoms with Crippen molar-refractivity contribution in [3.63, 3.8) is 0 Å². The van der Waals surface area contributed by atoms with Crippen LogP contribution in [-0.4, -0.2) is 56.9 Å². The Bertz CT molecular complexity index is 97.6. The Kier molecular flexibility index (Phi) is 3.12. The molecule has 3 heteroatoms. The summed E-state index contributed by atoms with van der Waals surface area (Å²) >= 11 is 0. The van der Waals surface area contributed by atoms with Crippen molar-refractivity contribution in [2.75, 3.05) is 47.1 Å². The molecule has 1 saturated heterocycles. The molecule has 0 atom stereocenters. The molecule has 1 heterocycles. The summed E-state index contributed by atoms with van der Waals surface area (Å²) in [7, 11) is 3.90. The van der Waals surface area contributed by atoms with E-state index in [4.69, 9.17) is 4.74 Å². The number of nitrogens with zero attached hydrogens (tertiary/aromatic N) is 2. The molecule has 0 unspecified atom stereocenters. The third-order valence-corrected chi connectivity index (χ3v) is 1.85. The van der Waals surface area contributed by atoms with Gasteiger partial charge in [-0.05, 0) is 7.05 Å². The molecule has 0 bridgehead atoms. The summed E-state index contributed by atoms with van der Waals surface area (Å²) in [4.78, 5) is 4.71. The lowest BCUT2D eigenvalue weighted by molar-refractivity contribution is 0.152. The molecular weight excluding hydrogens is 128 g/mol. The van der Waals surface area contributed by atoms with Gasteiger partial charge < -0.3 is 4.74 Å². The van der Waals surface area contributed by atoms with Gasteiger partial charge in [0.15, 0.2) is 0 Å². The molecule has 0 aromatic carbocycles. The van der Waals surface area contributed by atoms with Crippen LogP contribution in [0, 0.1) is 0 Å². The van der Waals surface area contributed by atoms with Crippen LogP contribution in [0.3, 0.4) is 0 Å². The quantitative estimate of drug-likeness (QED) is 0.547. The van der Waals surface area contributed by atoms with Crippen LogP contribution in [0.4, 0.5) is 0 Å². The number of rotatable bonds is 3. The maximum absolute atomic E-state index is 4.98. The van der Waals surface area contributed by atoms with Crippen molar-refractivity contribution < 1.29 is 4.74 Å². The minimum Gasteiger partial charge on any atom is -0.383 e. The molecule has 0 aromatic rings. The van der Waals surface area contributed by atoms with E-state index in [1.54, 1.807) is 7.11 Å². The van der Waals surface area contributed by atoms with Gasteiger partial charge in [0.25, 0.3) is 0 Å². The van der Waals surface area contributed by atoms with Crippen LogP contribution in [0.25, 0.3) is 0 Å². The van der Waals surface area contributed by atoms with Crippen LogP contribution >= 0.6 is 0 Å². The summed E-state index contributed by atoms with van der Waals surface area (Å²) in [5.41, 5.74) is 0. The van der Waals surface area contributed by atoms with E-state index in [0.29, 0.717) is 0 Å². The van der Waals surface area contributed by atoms with Gasteiger partial charge in [-0.15, -0.1) is 0 Å². The minimum absolute atomic E-state index is 0.855. The van der Waals surface area contributed by atoms with Gasteiger partial charge in [0.05, 0.1) is 13.3 Å². The maximum atomic E-state index is 4.98. The summed E-state index contributed by atoms with van der Waals surface area (Å²) in [6.07, 6.45) is 0. The van der Waals surface area contributed by atoms with E-state index in [0.717, 1.165) is 19.8 Å². The lowest BCUT2D eigenvalue weighted by atomic mass is 10.5. The Morgan fingerprint density at radius 2 is 2.20 bits per heavy atom. The van der Waals surface area contributed by atoms with Crippen LogP contribution < -0.4 is 0 Å². The first-order valence-corrected chi connectivity index (χ1v) is 3.73. The zero-order valence-electron chi connectivity index (χ0n) is 6.84. The van der Waals surface area contributed by atoms with Crippen LogP contribution in [0.5, 0.6) is 0 Å². The smallest absolute Gasteiger partial charge is 0.0590 e. The highest BCUT2D eigenvalue weighted by Gasteiger charge is 2.14. The largest absolute Gasteiger partial charge is 0.383 e. The molecule has 3 nitrogen and oxygen atoms in total. The first-order valence-electron chi connectivity index (χ1n) is 3.73. The normalized spacial score (nSPS) is 22.2. The highest BCUT2D eigenvalue weighted by Crippen LogP contribution is 1.99. The molecule has 1 aliphatic rings. The van der Waals surface area contributed by atoms with Crippen LogP contribution in [0.1, 0.15) is 0 Å². The van der Waals surface area contributed by atoms with Crippen molar-refractivity contribution in [3.8, 4) is 0 Å². The molecule has 0 spiro atoms. The van der Waals surface area contributed by atoms with Gasteiger partial charge in [0, 0.05) is 26.7 Å². The lowest BCUT2D eigenvalue weighted by Crippen LogP contribution is -2.26. The van der Waals surface area contributed by atoms with E-state index in [2.05, 4.69) is 16.8 Å². The van der Waals surface area contributed by atoms with Crippen LogP contribution in [0.15, 0.2) is 0 Å². The first kappa shape index (κ1) is 7.98. The lowest BCUT2D eigenvalue weighted by Gasteiger charge is -2.13. The average Bonchev–Trinajstić information content (AvgIpc) is 2.31. The van der Waals surface area contributed by atoms with Crippen LogP contribution in [0.2, 0.25) is 0 Å². The van der Waals surface area contributed by atoms with Gasteiger partial charge >= 0.3 is 0 Å². The Balaban J connectivity index is 2.06. The predicted molar refractivity (Wildman–Crippen MR) is 40.9 cm³/mol. The Hall–Kier alpha value is -0.120. The molecule has 1 aliphatic heterocycles. The van der Waals surface area contributed by atoms with Gasteiger partial charge in [-0.25, -0.2) is 0 Å². The van der Waals surface area contributed by atoms with Gasteiger partial charge in [-0.3, -0.25) is 9.80 Å². The molecular formula is C7H16N2O. The average molecular weight is 144 g/mol. The fraction of sp³-hybridized carbons (Fsp3) is 1.00. The summed E-state index contributed by atoms with van der Waals surface area (Å²) in [5, 5.41) is 0. The molecule has 0 radical (unpaired) electrons. The maximum Gasteiger partial charge on any atom is 0.0590 e. The zero-order chi connectivity index (χ0) is 7.40. The van der Waals surface area contributed by atoms with Crippen molar-refractivity contribution in [2.45, 2.75) is 0 Å². The van der Waals surface area contributed by atoms with Gasteiger partial charge in [-0.2, -0.15) is 0 Å². The van der Waals surface area contributed by atoms with Crippen molar-refractivity contribution in [2.24, 2.45) is 0 Å². The van der Waals surface area contributed by atoms with E-state index in [9.17, 15) is 0 Å². The summed E-state index contributed by atoms with van der Waals surface area (Å²) in [6, 6.07) is 0. The van der Waals surface area contributed by atoms with Crippen molar-refractivity contribution in [3.05, 3.63) is 0 Å². The fourth-order valence-corrected chi connectivity index (χ4v) is 1.20. The molecule has 60 valence electrons. The predicted octanol–water partition coefficient (Wildman–Crippen LogP) is -0.162. The summed E-state index contributed by atoms with van der Waals surface area (Å²) in [5.74, 6) is 0. The third-order valence-electron chi connectivity index (χ3n) is 1.85. The SMILES string of the molecule is COCCN1CCN(C)C1. The molecule has 0 saturated carbocycles. The topological polar surface area (TPSA) is 15.7 Å². The van der Waals surface area contributed by atoms with E-state index >= 15 is 0 Å². The number of likely N-dealkylation sites (N-methyl/N-ethyl adjacent to an activating group) is 1. The fourth-order valence-electron chi connectivity index (χ4n) is 1.20. The molecule has 1 fully saturated rings. The van der Waals surface area contributed by atoms with E-state index < -0.39 is 0 Å². The van der Waals surface area contributed by atoms with E-state index in [1.807, 2.05) is 0 Å². The van der Waals surface area contributed by atoms with E-state index in [1.165, 1.54) is 13.1 Å². The second kappa shape index (κ2) is 3.91. The molecule has 0 amide bonds. The van der Waals surface area contributed by atoms with Crippen LogP contribution in [-0.2, 0) is 4.74 Å². The van der Waals surface area contributed by atoms with Gasteiger partial charge in [0.1, 0.15) is 0 Å². The third kappa shape index (κ3) is 2.25. The number of hydrogen-bond acceptors (Lipinski definition) is 3. The molecule has 0 aromatic heterocycles. The number of methoxy groups -OCH3 is 1. The van der Waals surface area contributed by atoms with Crippen molar-refractivity contribution >= 4 is 0 Å². The molecule has 1 rings (SSSR count). The number of hydrogen-bond donors (Lipinski definition) is 0. The van der Waals surface area contributed by atoms with Gasteiger partial charge in [-0.1, -0.05) is 0 Å². The highest BCUT2D eigenvalue weighted by atomic mass is 16.5. The highest BCUT2D eigenvalue weighted by molar-refractivity contribution is 4.66. The Labute approximate surface area is 62.6 Å². The Morgan fingerprint density at radius 3 is 2.70 bits per heavy atom. The first-order chi connectivity index (χ1) is 4.83. The second-order valence-corrected chi connectivity index (χ2v) is 2.83. The second-order valence-electron chi connectivity index (χ2n) is 2.83. The number of ether oxygens (including phenoxy) is 1. The Morgan fingerprint density at radius 1 is 1.40 bits per heavy atom. The van der Waals surface area contributed by atoms with Crippen molar-refractivity contribution in [1.29, 1.82) is 0 Å². The summed E-state index contributed by atoms with van der Waals surface area (Å²) in [6.45, 7) is 5.42. The molecule has 0 N–H and O–H groups in total. The standard InChI is InChI=1S/C7H16N2O/c1-8-3-4-9(7-8)5-6-10-2/h3-7H2,1-2H3.